The van der Waals surface area contributed by atoms with Crippen molar-refractivity contribution in [1.82, 2.24) is 9.97 Å². The summed E-state index contributed by atoms with van der Waals surface area (Å²) in [7, 11) is 0. The van der Waals surface area contributed by atoms with Crippen LogP contribution in [0.3, 0.4) is 0 Å². The topological polar surface area (TPSA) is 66.3 Å². The van der Waals surface area contributed by atoms with Crippen LogP contribution in [0, 0.1) is 0 Å². The van der Waals surface area contributed by atoms with E-state index in [9.17, 15) is 4.79 Å². The molecule has 5 nitrogen and oxygen atoms in total. The Bertz CT molecular complexity index is 611. The zero-order chi connectivity index (χ0) is 14.0. The summed E-state index contributed by atoms with van der Waals surface area (Å²) in [6.07, 6.45) is 0. The molecule has 5 heteroatoms. The molecule has 0 saturated heterocycles. The van der Waals surface area contributed by atoms with E-state index >= 15 is 0 Å². The highest BCUT2D eigenvalue weighted by atomic mass is 16.4. The van der Waals surface area contributed by atoms with Gasteiger partial charge in [-0.15, -0.1) is 0 Å². The summed E-state index contributed by atoms with van der Waals surface area (Å²) < 4.78 is 0. The van der Waals surface area contributed by atoms with E-state index in [0.29, 0.717) is 11.3 Å². The number of rotatable bonds is 4. The van der Waals surface area contributed by atoms with Crippen molar-refractivity contribution in [3.8, 4) is 0 Å². The molecular weight excluding hydrogens is 242 g/mol. The van der Waals surface area contributed by atoms with Gasteiger partial charge in [-0.05, 0) is 32.9 Å². The first kappa shape index (κ1) is 13.3. The molecule has 1 N–H and O–H groups in total. The fourth-order valence-corrected chi connectivity index (χ4v) is 2.13. The van der Waals surface area contributed by atoms with E-state index in [1.54, 1.807) is 6.07 Å². The maximum Gasteiger partial charge on any atom is 0.374 e. The number of benzene rings is 1. The van der Waals surface area contributed by atoms with Crippen molar-refractivity contribution in [3.05, 3.63) is 30.1 Å². The van der Waals surface area contributed by atoms with Crippen LogP contribution in [0.5, 0.6) is 0 Å². The molecule has 0 aliphatic carbocycles. The Hall–Kier alpha value is -2.17. The average molecular weight is 259 g/mol. The number of para-hydroxylation sites is 1. The molecule has 0 bridgehead atoms. The number of aromatic carboxylic acids is 1. The molecule has 0 radical (unpaired) electrons. The first-order valence-corrected chi connectivity index (χ1v) is 6.31. The average Bonchev–Trinajstić information content (AvgIpc) is 2.38. The molecule has 0 aliphatic heterocycles. The molecule has 0 spiro atoms. The van der Waals surface area contributed by atoms with Gasteiger partial charge in [-0.25, -0.2) is 14.8 Å². The van der Waals surface area contributed by atoms with E-state index in [-0.39, 0.29) is 11.9 Å². The number of hydrogen-bond acceptors (Lipinski definition) is 4. The molecule has 0 fully saturated rings. The van der Waals surface area contributed by atoms with Crippen LogP contribution in [-0.2, 0) is 0 Å². The molecule has 100 valence electrons. The van der Waals surface area contributed by atoms with E-state index in [2.05, 4.69) is 28.7 Å². The van der Waals surface area contributed by atoms with Crippen LogP contribution in [0.4, 0.5) is 5.82 Å². The number of fused-ring (bicyclic) bond motifs is 1. The number of carbonyl (C=O) groups is 1. The molecule has 0 unspecified atom stereocenters. The van der Waals surface area contributed by atoms with Crippen LogP contribution < -0.4 is 4.90 Å². The number of carboxylic acid groups (broad SMARTS) is 1. The summed E-state index contributed by atoms with van der Waals surface area (Å²) in [6, 6.07) is 7.72. The number of aromatic nitrogens is 2. The van der Waals surface area contributed by atoms with E-state index in [1.807, 2.05) is 25.1 Å². The second-order valence-corrected chi connectivity index (χ2v) is 4.57. The summed E-state index contributed by atoms with van der Waals surface area (Å²) >= 11 is 0. The summed E-state index contributed by atoms with van der Waals surface area (Å²) in [4.78, 5) is 21.5. The molecular formula is C14H17N3O2. The normalized spacial score (nSPS) is 10.9. The summed E-state index contributed by atoms with van der Waals surface area (Å²) in [5, 5.41) is 10.00. The van der Waals surface area contributed by atoms with Crippen molar-refractivity contribution in [3.63, 3.8) is 0 Å². The van der Waals surface area contributed by atoms with Crippen molar-refractivity contribution in [2.75, 3.05) is 11.4 Å². The molecule has 0 aliphatic rings. The molecule has 1 heterocycles. The predicted octanol–water partition coefficient (Wildman–Crippen LogP) is 2.56. The lowest BCUT2D eigenvalue weighted by Gasteiger charge is -2.27. The molecule has 0 saturated carbocycles. The highest BCUT2D eigenvalue weighted by Gasteiger charge is 2.18. The quantitative estimate of drug-likeness (QED) is 0.914. The fraction of sp³-hybridized carbons (Fsp3) is 0.357. The van der Waals surface area contributed by atoms with Crippen molar-refractivity contribution in [2.24, 2.45) is 0 Å². The lowest BCUT2D eigenvalue weighted by atomic mass is 10.2. The van der Waals surface area contributed by atoms with Gasteiger partial charge in [-0.2, -0.15) is 0 Å². The minimum absolute atomic E-state index is 0.159. The Kier molecular flexibility index (Phi) is 3.64. The van der Waals surface area contributed by atoms with Gasteiger partial charge in [0.05, 0.1) is 5.52 Å². The van der Waals surface area contributed by atoms with Gasteiger partial charge in [0.25, 0.3) is 0 Å². The molecule has 0 atom stereocenters. The van der Waals surface area contributed by atoms with Crippen LogP contribution in [0.2, 0.25) is 0 Å². The third-order valence-electron chi connectivity index (χ3n) is 3.01. The third-order valence-corrected chi connectivity index (χ3v) is 3.01. The van der Waals surface area contributed by atoms with Gasteiger partial charge in [0.1, 0.15) is 5.82 Å². The zero-order valence-electron chi connectivity index (χ0n) is 11.3. The standard InChI is InChI=1S/C14H17N3O2/c1-4-17(9(2)3)13-10-7-5-6-8-11(10)15-12(16-13)14(18)19/h5-9H,4H2,1-3H3,(H,18,19). The summed E-state index contributed by atoms with van der Waals surface area (Å²) in [6.45, 7) is 6.90. The van der Waals surface area contributed by atoms with Crippen molar-refractivity contribution in [1.29, 1.82) is 0 Å². The SMILES string of the molecule is CCN(c1nc(C(=O)O)nc2ccccc12)C(C)C. The fourth-order valence-electron chi connectivity index (χ4n) is 2.13. The Morgan fingerprint density at radius 1 is 1.32 bits per heavy atom. The van der Waals surface area contributed by atoms with E-state index in [0.717, 1.165) is 11.9 Å². The van der Waals surface area contributed by atoms with Gasteiger partial charge in [0, 0.05) is 18.0 Å². The highest BCUT2D eigenvalue weighted by Crippen LogP contribution is 2.25. The van der Waals surface area contributed by atoms with Crippen molar-refractivity contribution in [2.45, 2.75) is 26.8 Å². The first-order valence-electron chi connectivity index (χ1n) is 6.31. The largest absolute Gasteiger partial charge is 0.475 e. The number of carboxylic acids is 1. The highest BCUT2D eigenvalue weighted by molar-refractivity contribution is 5.93. The maximum atomic E-state index is 11.1. The number of anilines is 1. The third kappa shape index (κ3) is 2.50. The van der Waals surface area contributed by atoms with E-state index < -0.39 is 5.97 Å². The molecule has 1 aromatic carbocycles. The lowest BCUT2D eigenvalue weighted by molar-refractivity contribution is 0.0684. The Morgan fingerprint density at radius 3 is 2.58 bits per heavy atom. The minimum atomic E-state index is -1.10. The number of nitrogens with zero attached hydrogens (tertiary/aromatic N) is 3. The first-order chi connectivity index (χ1) is 9.04. The molecule has 19 heavy (non-hydrogen) atoms. The van der Waals surface area contributed by atoms with Crippen LogP contribution in [-0.4, -0.2) is 33.6 Å². The molecule has 2 aromatic rings. The van der Waals surface area contributed by atoms with E-state index in [1.165, 1.54) is 0 Å². The van der Waals surface area contributed by atoms with Crippen LogP contribution in [0.25, 0.3) is 10.9 Å². The lowest BCUT2D eigenvalue weighted by Crippen LogP contribution is -2.32. The van der Waals surface area contributed by atoms with Gasteiger partial charge in [0.2, 0.25) is 5.82 Å². The predicted molar refractivity (Wildman–Crippen MR) is 74.7 cm³/mol. The summed E-state index contributed by atoms with van der Waals surface area (Å²) in [5.41, 5.74) is 0.656. The van der Waals surface area contributed by atoms with Crippen LogP contribution in [0.15, 0.2) is 24.3 Å². The van der Waals surface area contributed by atoms with Gasteiger partial charge >= 0.3 is 5.97 Å². The van der Waals surface area contributed by atoms with Crippen LogP contribution in [0.1, 0.15) is 31.4 Å². The van der Waals surface area contributed by atoms with Gasteiger partial charge in [0.15, 0.2) is 0 Å². The van der Waals surface area contributed by atoms with Gasteiger partial charge in [-0.1, -0.05) is 12.1 Å². The molecule has 1 aromatic heterocycles. The Balaban J connectivity index is 2.72. The minimum Gasteiger partial charge on any atom is -0.475 e. The van der Waals surface area contributed by atoms with Crippen molar-refractivity contribution >= 4 is 22.7 Å². The Labute approximate surface area is 111 Å². The monoisotopic (exact) mass is 259 g/mol. The second kappa shape index (κ2) is 5.22. The number of hydrogen-bond donors (Lipinski definition) is 1. The van der Waals surface area contributed by atoms with Crippen molar-refractivity contribution < 1.29 is 9.90 Å². The van der Waals surface area contributed by atoms with Crippen LogP contribution >= 0.6 is 0 Å². The molecule has 0 amide bonds. The van der Waals surface area contributed by atoms with Gasteiger partial charge in [-0.3, -0.25) is 0 Å². The zero-order valence-corrected chi connectivity index (χ0v) is 11.3. The summed E-state index contributed by atoms with van der Waals surface area (Å²) in [5.74, 6) is -0.583. The van der Waals surface area contributed by atoms with E-state index in [4.69, 9.17) is 5.11 Å². The van der Waals surface area contributed by atoms with Gasteiger partial charge < -0.3 is 10.0 Å². The Morgan fingerprint density at radius 2 is 2.00 bits per heavy atom. The molecule has 2 rings (SSSR count). The second-order valence-electron chi connectivity index (χ2n) is 4.57. The maximum absolute atomic E-state index is 11.1. The smallest absolute Gasteiger partial charge is 0.374 e.